The minimum atomic E-state index is -0.444. The van der Waals surface area contributed by atoms with Gasteiger partial charge in [-0.2, -0.15) is 0 Å². The lowest BCUT2D eigenvalue weighted by Crippen LogP contribution is -2.05. The number of benzene rings is 2. The quantitative estimate of drug-likeness (QED) is 0.382. The molecule has 0 atom stereocenters. The van der Waals surface area contributed by atoms with Gasteiger partial charge < -0.3 is 13.9 Å². The molecule has 28 heavy (non-hydrogen) atoms. The zero-order valence-corrected chi connectivity index (χ0v) is 15.6. The van der Waals surface area contributed by atoms with E-state index in [1.165, 1.54) is 0 Å². The molecule has 0 saturated heterocycles. The van der Waals surface area contributed by atoms with Crippen molar-refractivity contribution < 1.29 is 19.1 Å². The number of carbonyl (C=O) groups excluding carboxylic acids is 2. The Kier molecular flexibility index (Phi) is 4.57. The van der Waals surface area contributed by atoms with Crippen molar-refractivity contribution in [1.29, 1.82) is 0 Å². The second kappa shape index (κ2) is 7.19. The number of hydrogen-bond donors (Lipinski definition) is 0. The smallest absolute Gasteiger partial charge is 0.340 e. The highest BCUT2D eigenvalue weighted by molar-refractivity contribution is 6.12. The molecule has 2 aromatic heterocycles. The fraction of sp³-hybridized carbons (Fsp3) is 0.130. The third-order valence-corrected chi connectivity index (χ3v) is 4.70. The van der Waals surface area contributed by atoms with Gasteiger partial charge in [0.2, 0.25) is 5.78 Å². The van der Waals surface area contributed by atoms with Gasteiger partial charge in [0.15, 0.2) is 0 Å². The number of hydrogen-bond acceptors (Lipinski definition) is 4. The van der Waals surface area contributed by atoms with Gasteiger partial charge in [-0.15, -0.1) is 0 Å². The zero-order chi connectivity index (χ0) is 19.7. The Balaban J connectivity index is 2.02. The molecule has 0 aliphatic heterocycles. The lowest BCUT2D eigenvalue weighted by atomic mass is 10.1. The molecule has 0 radical (unpaired) electrons. The molecular formula is C23H19NO4. The number of ketones is 1. The highest BCUT2D eigenvalue weighted by Gasteiger charge is 2.22. The first-order valence-electron chi connectivity index (χ1n) is 9.03. The van der Waals surface area contributed by atoms with E-state index in [-0.39, 0.29) is 12.4 Å². The third-order valence-electron chi connectivity index (χ3n) is 4.70. The summed E-state index contributed by atoms with van der Waals surface area (Å²) in [6.07, 6.45) is 0. The number of esters is 1. The predicted molar refractivity (Wildman–Crippen MR) is 107 cm³/mol. The summed E-state index contributed by atoms with van der Waals surface area (Å²) < 4.78 is 12.3. The lowest BCUT2D eigenvalue weighted by Gasteiger charge is -2.09. The van der Waals surface area contributed by atoms with Crippen molar-refractivity contribution in [3.63, 3.8) is 0 Å². The van der Waals surface area contributed by atoms with E-state index in [0.717, 1.165) is 16.7 Å². The minimum absolute atomic E-state index is 0.158. The second-order valence-corrected chi connectivity index (χ2v) is 6.34. The van der Waals surface area contributed by atoms with Gasteiger partial charge in [-0.3, -0.25) is 4.79 Å². The van der Waals surface area contributed by atoms with Gasteiger partial charge in [0.25, 0.3) is 0 Å². The average Bonchev–Trinajstić information content (AvgIpc) is 3.13. The third kappa shape index (κ3) is 2.91. The highest BCUT2D eigenvalue weighted by Crippen LogP contribution is 2.28. The van der Waals surface area contributed by atoms with Gasteiger partial charge in [0.1, 0.15) is 5.75 Å². The van der Waals surface area contributed by atoms with Gasteiger partial charge >= 0.3 is 5.97 Å². The first-order chi connectivity index (χ1) is 13.6. The van der Waals surface area contributed by atoms with Gasteiger partial charge in [0.05, 0.1) is 36.0 Å². The van der Waals surface area contributed by atoms with E-state index in [1.807, 2.05) is 52.9 Å². The average molecular weight is 373 g/mol. The summed E-state index contributed by atoms with van der Waals surface area (Å²) in [6, 6.07) is 20.0. The first-order valence-corrected chi connectivity index (χ1v) is 9.03. The van der Waals surface area contributed by atoms with Crippen LogP contribution in [0.4, 0.5) is 0 Å². The molecule has 0 saturated carbocycles. The number of aromatic nitrogens is 1. The Bertz CT molecular complexity index is 1190. The van der Waals surface area contributed by atoms with Crippen LogP contribution in [-0.4, -0.2) is 29.9 Å². The number of rotatable bonds is 5. The Morgan fingerprint density at radius 3 is 2.39 bits per heavy atom. The number of pyridine rings is 1. The van der Waals surface area contributed by atoms with Crippen molar-refractivity contribution in [2.24, 2.45) is 0 Å². The molecule has 0 aliphatic rings. The summed E-state index contributed by atoms with van der Waals surface area (Å²) >= 11 is 0. The van der Waals surface area contributed by atoms with Gasteiger partial charge in [-0.25, -0.2) is 4.79 Å². The van der Waals surface area contributed by atoms with E-state index < -0.39 is 5.97 Å². The second-order valence-electron chi connectivity index (χ2n) is 6.34. The largest absolute Gasteiger partial charge is 0.497 e. The molecule has 5 heteroatoms. The number of carbonyl (C=O) groups is 2. The highest BCUT2D eigenvalue weighted by atomic mass is 16.5. The molecule has 0 aliphatic carbocycles. The predicted octanol–water partition coefficient (Wildman–Crippen LogP) is 4.51. The summed E-state index contributed by atoms with van der Waals surface area (Å²) in [5.74, 6) is 0.120. The minimum Gasteiger partial charge on any atom is -0.497 e. The van der Waals surface area contributed by atoms with Crippen LogP contribution in [0.5, 0.6) is 5.75 Å². The van der Waals surface area contributed by atoms with E-state index in [2.05, 4.69) is 0 Å². The van der Waals surface area contributed by atoms with E-state index in [0.29, 0.717) is 22.3 Å². The monoisotopic (exact) mass is 373 g/mol. The molecule has 140 valence electrons. The van der Waals surface area contributed by atoms with E-state index >= 15 is 0 Å². The molecule has 0 amide bonds. The summed E-state index contributed by atoms with van der Waals surface area (Å²) in [5.41, 5.74) is 2.80. The Hall–Kier alpha value is -3.60. The van der Waals surface area contributed by atoms with Crippen LogP contribution in [0.1, 0.15) is 33.3 Å². The summed E-state index contributed by atoms with van der Waals surface area (Å²) in [5, 5.41) is 0.903. The SMILES string of the molecule is CCOC(=O)c1cc(C(=O)c2ccccc2)n2c1ccc1cc(OC)ccc12. The summed E-state index contributed by atoms with van der Waals surface area (Å²) in [4.78, 5) is 25.7. The Morgan fingerprint density at radius 2 is 1.68 bits per heavy atom. The maximum absolute atomic E-state index is 13.2. The topological polar surface area (TPSA) is 57.0 Å². The van der Waals surface area contributed by atoms with Crippen LogP contribution in [0.15, 0.2) is 66.7 Å². The number of ether oxygens (including phenoxy) is 2. The molecule has 2 aromatic carbocycles. The van der Waals surface area contributed by atoms with Crippen molar-refractivity contribution in [3.8, 4) is 5.75 Å². The van der Waals surface area contributed by atoms with Crippen LogP contribution >= 0.6 is 0 Å². The standard InChI is InChI=1S/C23H19NO4/c1-3-28-23(26)18-14-21(22(25)15-7-5-4-6-8-15)24-19-12-10-17(27-2)13-16(19)9-11-20(18)24/h4-14H,3H2,1-2H3. The van der Waals surface area contributed by atoms with Crippen LogP contribution in [0.3, 0.4) is 0 Å². The lowest BCUT2D eigenvalue weighted by molar-refractivity contribution is 0.0529. The Labute approximate surface area is 162 Å². The molecule has 4 rings (SSSR count). The molecule has 0 fully saturated rings. The van der Waals surface area contributed by atoms with Crippen LogP contribution in [0, 0.1) is 0 Å². The number of nitrogens with zero attached hydrogens (tertiary/aromatic N) is 1. The molecule has 4 aromatic rings. The molecule has 0 unspecified atom stereocenters. The Morgan fingerprint density at radius 1 is 0.929 bits per heavy atom. The normalized spacial score (nSPS) is 10.9. The van der Waals surface area contributed by atoms with Crippen molar-refractivity contribution in [2.45, 2.75) is 6.92 Å². The van der Waals surface area contributed by atoms with Crippen molar-refractivity contribution in [3.05, 3.63) is 83.6 Å². The van der Waals surface area contributed by atoms with Crippen molar-refractivity contribution in [2.75, 3.05) is 13.7 Å². The fourth-order valence-electron chi connectivity index (χ4n) is 3.39. The maximum Gasteiger partial charge on any atom is 0.340 e. The number of fused-ring (bicyclic) bond motifs is 3. The van der Waals surface area contributed by atoms with Gasteiger partial charge in [-0.1, -0.05) is 36.4 Å². The van der Waals surface area contributed by atoms with E-state index in [1.54, 1.807) is 32.2 Å². The fourth-order valence-corrected chi connectivity index (χ4v) is 3.39. The summed E-state index contributed by atoms with van der Waals surface area (Å²) in [6.45, 7) is 2.02. The first kappa shape index (κ1) is 17.8. The van der Waals surface area contributed by atoms with Crippen molar-refractivity contribution in [1.82, 2.24) is 4.40 Å². The van der Waals surface area contributed by atoms with Crippen molar-refractivity contribution >= 4 is 28.2 Å². The molecule has 2 heterocycles. The number of methoxy groups -OCH3 is 1. The van der Waals surface area contributed by atoms with Crippen LogP contribution in [-0.2, 0) is 4.74 Å². The van der Waals surface area contributed by atoms with Gasteiger partial charge in [-0.05, 0) is 37.3 Å². The van der Waals surface area contributed by atoms with Crippen LogP contribution < -0.4 is 4.74 Å². The molecule has 5 nitrogen and oxygen atoms in total. The summed E-state index contributed by atoms with van der Waals surface area (Å²) in [7, 11) is 1.61. The molecule has 0 bridgehead atoms. The maximum atomic E-state index is 13.2. The molecule has 0 N–H and O–H groups in total. The van der Waals surface area contributed by atoms with Gasteiger partial charge in [0, 0.05) is 10.9 Å². The van der Waals surface area contributed by atoms with E-state index in [4.69, 9.17) is 9.47 Å². The zero-order valence-electron chi connectivity index (χ0n) is 15.6. The molecular weight excluding hydrogens is 354 g/mol. The van der Waals surface area contributed by atoms with E-state index in [9.17, 15) is 9.59 Å². The molecule has 0 spiro atoms. The van der Waals surface area contributed by atoms with Crippen LogP contribution in [0.2, 0.25) is 0 Å². The van der Waals surface area contributed by atoms with Crippen LogP contribution in [0.25, 0.3) is 16.4 Å².